The van der Waals surface area contributed by atoms with Crippen molar-refractivity contribution in [2.45, 2.75) is 18.4 Å². The lowest BCUT2D eigenvalue weighted by Gasteiger charge is -2.39. The van der Waals surface area contributed by atoms with Crippen LogP contribution in [0.15, 0.2) is 0 Å². The Morgan fingerprint density at radius 3 is 2.54 bits per heavy atom. The van der Waals surface area contributed by atoms with Crippen molar-refractivity contribution in [1.82, 2.24) is 0 Å². The van der Waals surface area contributed by atoms with Crippen molar-refractivity contribution in [3.05, 3.63) is 0 Å². The quantitative estimate of drug-likeness (QED) is 0.643. The van der Waals surface area contributed by atoms with E-state index in [1.54, 1.807) is 0 Å². The van der Waals surface area contributed by atoms with Crippen LogP contribution in [-0.2, 0) is 14.8 Å². The minimum Gasteiger partial charge on any atom is -0.372 e. The van der Waals surface area contributed by atoms with Crippen molar-refractivity contribution in [2.24, 2.45) is 10.6 Å². The van der Waals surface area contributed by atoms with Crippen molar-refractivity contribution < 1.29 is 13.2 Å². The van der Waals surface area contributed by atoms with Crippen LogP contribution in [0.25, 0.3) is 0 Å². The Hall–Kier alpha value is -0.640. The molecule has 13 heavy (non-hydrogen) atoms. The van der Waals surface area contributed by atoms with Gasteiger partial charge in [-0.05, 0) is 12.8 Å². The Bertz CT molecular complexity index is 375. The third-order valence-electron chi connectivity index (χ3n) is 2.68. The van der Waals surface area contributed by atoms with Crippen molar-refractivity contribution in [2.75, 3.05) is 12.4 Å². The molecule has 2 saturated heterocycles. The molecule has 0 amide bonds. The molecule has 5 nitrogen and oxygen atoms in total. The summed E-state index contributed by atoms with van der Waals surface area (Å²) in [5, 5.41) is 13.7. The molecule has 0 aromatic rings. The molecule has 2 N–H and O–H groups in total. The molecule has 3 rings (SSSR count). The number of sulfonamides is 1. The lowest BCUT2D eigenvalue weighted by Crippen LogP contribution is -2.49. The molecule has 1 saturated carbocycles. The number of rotatable bonds is 2. The lowest BCUT2D eigenvalue weighted by atomic mass is 9.64. The van der Waals surface area contributed by atoms with E-state index in [1.807, 2.05) is 0 Å². The first-order valence-corrected chi connectivity index (χ1v) is 5.66. The van der Waals surface area contributed by atoms with Crippen molar-refractivity contribution in [3.63, 3.8) is 0 Å². The van der Waals surface area contributed by atoms with Crippen LogP contribution < -0.4 is 5.14 Å². The number of nitriles is 1. The SMILES string of the molecule is N#CC12COC(CS(N)(=O)=O)(C1)C2. The van der Waals surface area contributed by atoms with E-state index in [2.05, 4.69) is 6.07 Å². The van der Waals surface area contributed by atoms with Crippen LogP contribution >= 0.6 is 0 Å². The summed E-state index contributed by atoms with van der Waals surface area (Å²) in [7, 11) is -3.50. The molecule has 0 atom stereocenters. The van der Waals surface area contributed by atoms with Crippen LogP contribution in [0, 0.1) is 16.7 Å². The predicted molar refractivity (Wildman–Crippen MR) is 43.9 cm³/mol. The molecule has 0 spiro atoms. The van der Waals surface area contributed by atoms with E-state index in [-0.39, 0.29) is 5.75 Å². The molecule has 0 aromatic carbocycles. The van der Waals surface area contributed by atoms with Gasteiger partial charge in [0.1, 0.15) is 0 Å². The van der Waals surface area contributed by atoms with Crippen LogP contribution in [0.5, 0.6) is 0 Å². The fraction of sp³-hybridized carbons (Fsp3) is 0.857. The van der Waals surface area contributed by atoms with Gasteiger partial charge in [0.2, 0.25) is 10.0 Å². The number of hydrogen-bond donors (Lipinski definition) is 1. The summed E-state index contributed by atoms with van der Waals surface area (Å²) in [6, 6.07) is 2.16. The largest absolute Gasteiger partial charge is 0.372 e. The molecule has 3 fully saturated rings. The highest BCUT2D eigenvalue weighted by Gasteiger charge is 2.64. The fourth-order valence-electron chi connectivity index (χ4n) is 2.30. The molecule has 6 heteroatoms. The van der Waals surface area contributed by atoms with Crippen molar-refractivity contribution in [1.29, 1.82) is 5.26 Å². The third kappa shape index (κ3) is 1.33. The maximum atomic E-state index is 10.8. The first-order valence-electron chi connectivity index (χ1n) is 3.95. The maximum Gasteiger partial charge on any atom is 0.211 e. The zero-order valence-corrected chi connectivity index (χ0v) is 7.80. The summed E-state index contributed by atoms with van der Waals surface area (Å²) >= 11 is 0. The highest BCUT2D eigenvalue weighted by molar-refractivity contribution is 7.89. The predicted octanol–water partition coefficient (Wildman–Crippen LogP) is -0.652. The monoisotopic (exact) mass is 202 g/mol. The highest BCUT2D eigenvalue weighted by Crippen LogP contribution is 2.57. The van der Waals surface area contributed by atoms with Gasteiger partial charge in [-0.2, -0.15) is 5.26 Å². The van der Waals surface area contributed by atoms with Gasteiger partial charge in [-0.25, -0.2) is 13.6 Å². The number of nitrogens with two attached hydrogens (primary N) is 1. The molecular weight excluding hydrogens is 192 g/mol. The second-order valence-electron chi connectivity index (χ2n) is 4.02. The van der Waals surface area contributed by atoms with Crippen molar-refractivity contribution >= 4 is 10.0 Å². The standard InChI is InChI=1S/C7H10N2O3S/c8-3-6-1-7(2-6,12-4-6)5-13(9,10)11/h1-2,4-5H2,(H2,9,10,11). The molecule has 3 aliphatic rings. The van der Waals surface area contributed by atoms with Crippen LogP contribution in [0.2, 0.25) is 0 Å². The molecule has 2 bridgehead atoms. The Morgan fingerprint density at radius 2 is 2.15 bits per heavy atom. The zero-order valence-electron chi connectivity index (χ0n) is 6.99. The van der Waals surface area contributed by atoms with Gasteiger partial charge in [-0.15, -0.1) is 0 Å². The summed E-state index contributed by atoms with van der Waals surface area (Å²) in [5.74, 6) is -0.163. The molecule has 0 unspecified atom stereocenters. The Labute approximate surface area is 76.5 Å². The Kier molecular flexibility index (Phi) is 1.54. The molecule has 2 heterocycles. The van der Waals surface area contributed by atoms with E-state index in [0.717, 1.165) is 0 Å². The molecule has 0 radical (unpaired) electrons. The number of hydrogen-bond acceptors (Lipinski definition) is 4. The van der Waals surface area contributed by atoms with E-state index >= 15 is 0 Å². The van der Waals surface area contributed by atoms with Gasteiger partial charge in [0.05, 0.1) is 29.4 Å². The van der Waals surface area contributed by atoms with Gasteiger partial charge >= 0.3 is 0 Å². The normalized spacial score (nSPS) is 42.5. The van der Waals surface area contributed by atoms with Crippen LogP contribution in [0.4, 0.5) is 0 Å². The smallest absolute Gasteiger partial charge is 0.211 e. The molecule has 1 aliphatic carbocycles. The van der Waals surface area contributed by atoms with E-state index in [0.29, 0.717) is 19.4 Å². The molecule has 0 aromatic heterocycles. The second-order valence-corrected chi connectivity index (χ2v) is 5.64. The number of primary sulfonamides is 1. The minimum absolute atomic E-state index is 0.163. The van der Waals surface area contributed by atoms with Crippen LogP contribution in [-0.4, -0.2) is 26.4 Å². The highest BCUT2D eigenvalue weighted by atomic mass is 32.2. The average molecular weight is 202 g/mol. The average Bonchev–Trinajstić information content (AvgIpc) is 2.38. The first kappa shape index (κ1) is 8.94. The third-order valence-corrected chi connectivity index (χ3v) is 3.61. The number of nitrogens with zero attached hydrogens (tertiary/aromatic N) is 1. The van der Waals surface area contributed by atoms with Crippen LogP contribution in [0.3, 0.4) is 0 Å². The summed E-state index contributed by atoms with van der Waals surface area (Å²) in [4.78, 5) is 0. The lowest BCUT2D eigenvalue weighted by molar-refractivity contribution is 0.0161. The molecule has 72 valence electrons. The molecular formula is C7H10N2O3S. The minimum atomic E-state index is -3.50. The van der Waals surface area contributed by atoms with E-state index in [9.17, 15) is 8.42 Å². The van der Waals surface area contributed by atoms with Gasteiger partial charge in [0.25, 0.3) is 0 Å². The fourth-order valence-corrected chi connectivity index (χ4v) is 3.32. The van der Waals surface area contributed by atoms with Gasteiger partial charge in [0.15, 0.2) is 0 Å². The number of fused-ring (bicyclic) bond motifs is 1. The van der Waals surface area contributed by atoms with Gasteiger partial charge in [0, 0.05) is 0 Å². The number of ether oxygens (including phenoxy) is 1. The van der Waals surface area contributed by atoms with Gasteiger partial charge < -0.3 is 4.74 Å². The topological polar surface area (TPSA) is 93.2 Å². The first-order chi connectivity index (χ1) is 5.89. The van der Waals surface area contributed by atoms with E-state index < -0.39 is 21.0 Å². The summed E-state index contributed by atoms with van der Waals surface area (Å²) in [6.45, 7) is 0.346. The maximum absolute atomic E-state index is 10.8. The summed E-state index contributed by atoms with van der Waals surface area (Å²) in [6.07, 6.45) is 1.01. The molecule has 2 aliphatic heterocycles. The summed E-state index contributed by atoms with van der Waals surface area (Å²) < 4.78 is 27.0. The van der Waals surface area contributed by atoms with E-state index in [1.165, 1.54) is 0 Å². The van der Waals surface area contributed by atoms with Crippen molar-refractivity contribution in [3.8, 4) is 6.07 Å². The summed E-state index contributed by atoms with van der Waals surface area (Å²) in [5.41, 5.74) is -1.08. The second kappa shape index (κ2) is 2.23. The van der Waals surface area contributed by atoms with E-state index in [4.69, 9.17) is 15.1 Å². The zero-order chi connectivity index (χ0) is 9.74. The Balaban J connectivity index is 2.12. The van der Waals surface area contributed by atoms with Gasteiger partial charge in [-0.1, -0.05) is 0 Å². The Morgan fingerprint density at radius 1 is 1.54 bits per heavy atom. The van der Waals surface area contributed by atoms with Gasteiger partial charge in [-0.3, -0.25) is 0 Å². The van der Waals surface area contributed by atoms with Crippen LogP contribution in [0.1, 0.15) is 12.8 Å².